The fourth-order valence-corrected chi connectivity index (χ4v) is 4.94. The second-order valence-corrected chi connectivity index (χ2v) is 9.19. The molecule has 7 heteroatoms. The van der Waals surface area contributed by atoms with Crippen LogP contribution in [-0.4, -0.2) is 81.4 Å². The van der Waals surface area contributed by atoms with E-state index >= 15 is 0 Å². The average Bonchev–Trinajstić information content (AvgIpc) is 3.08. The third-order valence-electron chi connectivity index (χ3n) is 6.99. The van der Waals surface area contributed by atoms with E-state index in [0.717, 1.165) is 55.1 Å². The van der Waals surface area contributed by atoms with Gasteiger partial charge in [-0.2, -0.15) is 0 Å². The van der Waals surface area contributed by atoms with Crippen LogP contribution in [0.3, 0.4) is 0 Å². The van der Waals surface area contributed by atoms with Gasteiger partial charge in [-0.3, -0.25) is 19.5 Å². The molecule has 4 rings (SSSR count). The minimum absolute atomic E-state index is 0.0843. The summed E-state index contributed by atoms with van der Waals surface area (Å²) < 4.78 is 2.16. The Balaban J connectivity index is 1.34. The second-order valence-electron chi connectivity index (χ2n) is 9.19. The Bertz CT molecular complexity index is 947. The molecule has 2 aliphatic rings. The van der Waals surface area contributed by atoms with Gasteiger partial charge in [0, 0.05) is 56.4 Å². The molecule has 4 heterocycles. The third-order valence-corrected chi connectivity index (χ3v) is 6.99. The molecular weight excluding hydrogens is 402 g/mol. The Morgan fingerprint density at radius 3 is 2.53 bits per heavy atom. The molecule has 0 spiro atoms. The lowest BCUT2D eigenvalue weighted by Crippen LogP contribution is -2.53. The molecule has 2 amide bonds. The zero-order valence-corrected chi connectivity index (χ0v) is 19.6. The summed E-state index contributed by atoms with van der Waals surface area (Å²) in [5, 5.41) is 0. The zero-order valence-electron chi connectivity index (χ0n) is 19.6. The van der Waals surface area contributed by atoms with E-state index < -0.39 is 0 Å². The summed E-state index contributed by atoms with van der Waals surface area (Å²) in [6, 6.07) is 8.24. The van der Waals surface area contributed by atoms with Gasteiger partial charge >= 0.3 is 0 Å². The summed E-state index contributed by atoms with van der Waals surface area (Å²) in [6.07, 6.45) is 5.23. The molecule has 7 nitrogen and oxygen atoms in total. The maximum Gasteiger partial charge on any atom is 0.255 e. The first-order chi connectivity index (χ1) is 15.4. The monoisotopic (exact) mass is 437 g/mol. The van der Waals surface area contributed by atoms with Crippen molar-refractivity contribution in [2.75, 3.05) is 39.3 Å². The molecule has 0 bridgehead atoms. The van der Waals surface area contributed by atoms with Crippen LogP contribution in [0.1, 0.15) is 53.6 Å². The smallest absolute Gasteiger partial charge is 0.255 e. The van der Waals surface area contributed by atoms with E-state index in [1.807, 2.05) is 47.9 Å². The number of hydrogen-bond acceptors (Lipinski definition) is 4. The molecule has 172 valence electrons. The van der Waals surface area contributed by atoms with Gasteiger partial charge in [-0.05, 0) is 58.2 Å². The van der Waals surface area contributed by atoms with Gasteiger partial charge in [-0.1, -0.05) is 6.07 Å². The number of rotatable bonds is 5. The zero-order chi connectivity index (χ0) is 22.7. The highest BCUT2D eigenvalue weighted by Crippen LogP contribution is 2.20. The van der Waals surface area contributed by atoms with Crippen LogP contribution in [0.4, 0.5) is 0 Å². The lowest BCUT2D eigenvalue weighted by atomic mass is 10.0. The van der Waals surface area contributed by atoms with Crippen LogP contribution in [0, 0.1) is 13.8 Å². The van der Waals surface area contributed by atoms with Crippen LogP contribution >= 0.6 is 0 Å². The van der Waals surface area contributed by atoms with E-state index in [1.165, 1.54) is 6.42 Å². The van der Waals surface area contributed by atoms with Crippen molar-refractivity contribution >= 4 is 11.8 Å². The fraction of sp³-hybridized carbons (Fsp3) is 0.560. The van der Waals surface area contributed by atoms with Crippen molar-refractivity contribution in [2.24, 2.45) is 0 Å². The molecule has 1 atom stereocenters. The number of aryl methyl sites for hydroxylation is 1. The first-order valence-corrected chi connectivity index (χ1v) is 11.8. The third kappa shape index (κ3) is 4.88. The quantitative estimate of drug-likeness (QED) is 0.722. The van der Waals surface area contributed by atoms with Crippen molar-refractivity contribution in [3.05, 3.63) is 53.1 Å². The summed E-state index contributed by atoms with van der Waals surface area (Å²) in [4.78, 5) is 36.6. The molecule has 1 unspecified atom stereocenters. The van der Waals surface area contributed by atoms with Gasteiger partial charge in [-0.25, -0.2) is 0 Å². The van der Waals surface area contributed by atoms with Crippen molar-refractivity contribution in [2.45, 2.75) is 52.6 Å². The van der Waals surface area contributed by atoms with Crippen molar-refractivity contribution < 1.29 is 9.59 Å². The summed E-state index contributed by atoms with van der Waals surface area (Å²) in [6.45, 7) is 11.0. The predicted octanol–water partition coefficient (Wildman–Crippen LogP) is 2.71. The van der Waals surface area contributed by atoms with Crippen LogP contribution in [0.5, 0.6) is 0 Å². The van der Waals surface area contributed by atoms with Crippen molar-refractivity contribution in [3.8, 4) is 0 Å². The normalized spacial score (nSPS) is 19.9. The van der Waals surface area contributed by atoms with E-state index in [9.17, 15) is 9.59 Å². The van der Waals surface area contributed by atoms with Gasteiger partial charge < -0.3 is 14.4 Å². The minimum Gasteiger partial charge on any atom is -0.342 e. The van der Waals surface area contributed by atoms with Gasteiger partial charge in [0.05, 0.1) is 24.3 Å². The first-order valence-electron chi connectivity index (χ1n) is 11.8. The number of carbonyl (C=O) groups is 2. The molecule has 0 aliphatic carbocycles. The number of nitrogens with zero attached hydrogens (tertiary/aromatic N) is 5. The maximum atomic E-state index is 13.3. The van der Waals surface area contributed by atoms with Gasteiger partial charge in [0.25, 0.3) is 5.91 Å². The molecule has 0 N–H and O–H groups in total. The molecule has 2 saturated heterocycles. The van der Waals surface area contributed by atoms with Crippen LogP contribution < -0.4 is 0 Å². The lowest BCUT2D eigenvalue weighted by molar-refractivity contribution is -0.136. The number of hydrogen-bond donors (Lipinski definition) is 0. The van der Waals surface area contributed by atoms with Gasteiger partial charge in [0.2, 0.25) is 5.91 Å². The van der Waals surface area contributed by atoms with Gasteiger partial charge in [0.15, 0.2) is 0 Å². The number of piperidine rings is 1. The minimum atomic E-state index is 0.0843. The average molecular weight is 438 g/mol. The Morgan fingerprint density at radius 2 is 1.84 bits per heavy atom. The van der Waals surface area contributed by atoms with Crippen molar-refractivity contribution in [1.29, 1.82) is 0 Å². The highest BCUT2D eigenvalue weighted by molar-refractivity contribution is 5.95. The highest BCUT2D eigenvalue weighted by atomic mass is 16.2. The number of carbonyl (C=O) groups excluding carboxylic acids is 2. The first kappa shape index (κ1) is 22.5. The molecule has 2 aromatic heterocycles. The molecule has 32 heavy (non-hydrogen) atoms. The number of amides is 2. The molecular formula is C25H35N5O2. The van der Waals surface area contributed by atoms with Crippen molar-refractivity contribution in [1.82, 2.24) is 24.3 Å². The van der Waals surface area contributed by atoms with E-state index in [1.54, 1.807) is 6.20 Å². The lowest BCUT2D eigenvalue weighted by Gasteiger charge is -2.38. The maximum absolute atomic E-state index is 13.3. The number of aromatic nitrogens is 2. The topological polar surface area (TPSA) is 61.7 Å². The summed E-state index contributed by atoms with van der Waals surface area (Å²) in [5.74, 6) is 0.316. The Hall–Kier alpha value is -2.67. The van der Waals surface area contributed by atoms with Crippen LogP contribution in [-0.2, 0) is 11.3 Å². The number of pyridine rings is 1. The molecule has 0 saturated carbocycles. The SMILES string of the molecule is Cc1cc(C(=O)N2CCN(CC(=O)N3CCCCC3C)CC2)c(C)n1Cc1ccccn1. The number of likely N-dealkylation sites (tertiary alicyclic amines) is 1. The Kier molecular flexibility index (Phi) is 6.94. The van der Waals surface area contributed by atoms with E-state index in [2.05, 4.69) is 21.4 Å². The van der Waals surface area contributed by atoms with Crippen LogP contribution in [0.15, 0.2) is 30.5 Å². The van der Waals surface area contributed by atoms with Crippen LogP contribution in [0.25, 0.3) is 0 Å². The Morgan fingerprint density at radius 1 is 1.06 bits per heavy atom. The second kappa shape index (κ2) is 9.86. The number of piperazine rings is 1. The fourth-order valence-electron chi connectivity index (χ4n) is 4.94. The molecule has 0 aromatic carbocycles. The Labute approximate surface area is 191 Å². The predicted molar refractivity (Wildman–Crippen MR) is 125 cm³/mol. The highest BCUT2D eigenvalue weighted by Gasteiger charge is 2.28. The summed E-state index contributed by atoms with van der Waals surface area (Å²) in [7, 11) is 0. The van der Waals surface area contributed by atoms with E-state index in [-0.39, 0.29) is 11.8 Å². The van der Waals surface area contributed by atoms with E-state index in [4.69, 9.17) is 0 Å². The molecule has 2 aromatic rings. The molecule has 0 radical (unpaired) electrons. The van der Waals surface area contributed by atoms with Gasteiger partial charge in [-0.15, -0.1) is 0 Å². The summed E-state index contributed by atoms with van der Waals surface area (Å²) >= 11 is 0. The van der Waals surface area contributed by atoms with Gasteiger partial charge in [0.1, 0.15) is 0 Å². The summed E-state index contributed by atoms with van der Waals surface area (Å²) in [5.41, 5.74) is 3.80. The van der Waals surface area contributed by atoms with Crippen LogP contribution in [0.2, 0.25) is 0 Å². The van der Waals surface area contributed by atoms with E-state index in [0.29, 0.717) is 32.2 Å². The standard InChI is InChI=1S/C25H35N5O2/c1-19-8-5-7-11-29(19)24(31)18-27-12-14-28(15-13-27)25(32)23-16-20(2)30(21(23)3)17-22-9-4-6-10-26-22/h4,6,9-10,16,19H,5,7-8,11-15,17-18H2,1-3H3. The largest absolute Gasteiger partial charge is 0.342 e. The molecule has 2 fully saturated rings. The molecule has 2 aliphatic heterocycles. The van der Waals surface area contributed by atoms with Crippen molar-refractivity contribution in [3.63, 3.8) is 0 Å².